The standard InChI is InChI=1S/C26H30N4O10/c1-5-11(31)29-25(39)28-10-7-6-9-8(2)12-14(19(33)13(9)18(10)32)22(36)26(40)16(20(12)34)17(30(3)4)21(35)15(23(26)37)24(27)38/h6-8,12,16-17,20,32-34,37,40H,5H2,1-4H3,(H2,27,38)(H2,28,29,31,39). The fraction of sp³-hybridized carbons (Fsp3) is 0.423. The predicted molar refractivity (Wildman–Crippen MR) is 138 cm³/mol. The Kier molecular flexibility index (Phi) is 6.99. The van der Waals surface area contributed by atoms with Crippen LogP contribution in [0.1, 0.15) is 37.3 Å². The van der Waals surface area contributed by atoms with Gasteiger partial charge in [0, 0.05) is 17.9 Å². The molecular formula is C26H30N4O10. The van der Waals surface area contributed by atoms with Crippen molar-refractivity contribution in [2.24, 2.45) is 17.6 Å². The topological polar surface area (TPSA) is 240 Å². The van der Waals surface area contributed by atoms with E-state index in [4.69, 9.17) is 5.73 Å². The van der Waals surface area contributed by atoms with Crippen molar-refractivity contribution in [1.29, 1.82) is 0 Å². The van der Waals surface area contributed by atoms with E-state index < -0.39 is 93.3 Å². The lowest BCUT2D eigenvalue weighted by atomic mass is 9.54. The quantitative estimate of drug-likeness (QED) is 0.174. The number of likely N-dealkylation sites (N-methyl/N-ethyl adjacent to an activating group) is 1. The van der Waals surface area contributed by atoms with Crippen molar-refractivity contribution in [3.8, 4) is 5.75 Å². The SMILES string of the molecule is CCC(=O)NC(=O)Nc1ccc2c(c1O)C(O)=C1C(=O)C3(O)C(O)=C(C(N)=O)C(=O)C(N(C)C)C3C(O)C1C2C. The number of nitrogens with zero attached hydrogens (tertiary/aromatic N) is 1. The fourth-order valence-electron chi connectivity index (χ4n) is 6.09. The molecule has 0 bridgehead atoms. The highest BCUT2D eigenvalue weighted by Gasteiger charge is 2.68. The number of anilines is 1. The van der Waals surface area contributed by atoms with Crippen LogP contribution in [0.5, 0.6) is 5.75 Å². The summed E-state index contributed by atoms with van der Waals surface area (Å²) in [7, 11) is 2.83. The van der Waals surface area contributed by atoms with Crippen molar-refractivity contribution in [1.82, 2.24) is 10.2 Å². The summed E-state index contributed by atoms with van der Waals surface area (Å²) in [5, 5.41) is 60.8. The van der Waals surface area contributed by atoms with Gasteiger partial charge in [-0.25, -0.2) is 4.79 Å². The second-order valence-corrected chi connectivity index (χ2v) is 10.3. The number of imide groups is 1. The number of primary amides is 1. The zero-order valence-corrected chi connectivity index (χ0v) is 22.1. The van der Waals surface area contributed by atoms with Gasteiger partial charge in [-0.15, -0.1) is 0 Å². The molecule has 0 saturated heterocycles. The molecule has 6 unspecified atom stereocenters. The molecule has 214 valence electrons. The Morgan fingerprint density at radius 2 is 1.75 bits per heavy atom. The summed E-state index contributed by atoms with van der Waals surface area (Å²) in [6, 6.07) is 0.309. The Morgan fingerprint density at radius 3 is 2.30 bits per heavy atom. The van der Waals surface area contributed by atoms with Gasteiger partial charge in [-0.1, -0.05) is 19.9 Å². The number of nitrogens with one attached hydrogen (secondary N) is 2. The molecule has 0 heterocycles. The van der Waals surface area contributed by atoms with Crippen LogP contribution in [0.2, 0.25) is 0 Å². The number of carbonyl (C=O) groups is 5. The van der Waals surface area contributed by atoms with Gasteiger partial charge in [-0.3, -0.25) is 29.4 Å². The Morgan fingerprint density at radius 1 is 1.12 bits per heavy atom. The maximum absolute atomic E-state index is 14.0. The average Bonchev–Trinajstić information content (AvgIpc) is 2.87. The highest BCUT2D eigenvalue weighted by molar-refractivity contribution is 6.24. The smallest absolute Gasteiger partial charge is 0.325 e. The van der Waals surface area contributed by atoms with Crippen LogP contribution >= 0.6 is 0 Å². The van der Waals surface area contributed by atoms with E-state index in [-0.39, 0.29) is 23.2 Å². The van der Waals surface area contributed by atoms with Crippen molar-refractivity contribution in [3.05, 3.63) is 40.2 Å². The van der Waals surface area contributed by atoms with Crippen LogP contribution in [0.3, 0.4) is 0 Å². The Labute approximate surface area is 227 Å². The monoisotopic (exact) mass is 558 g/mol. The number of nitrogens with two attached hydrogens (primary N) is 1. The first-order valence-electron chi connectivity index (χ1n) is 12.4. The van der Waals surface area contributed by atoms with E-state index in [1.807, 2.05) is 5.32 Å². The fourth-order valence-corrected chi connectivity index (χ4v) is 6.09. The van der Waals surface area contributed by atoms with Crippen molar-refractivity contribution in [2.75, 3.05) is 19.4 Å². The van der Waals surface area contributed by atoms with Gasteiger partial charge in [0.2, 0.25) is 11.7 Å². The van der Waals surface area contributed by atoms with E-state index >= 15 is 0 Å². The highest BCUT2D eigenvalue weighted by atomic mass is 16.4. The number of aliphatic hydroxyl groups is 4. The molecule has 3 aliphatic carbocycles. The van der Waals surface area contributed by atoms with Crippen LogP contribution < -0.4 is 16.4 Å². The van der Waals surface area contributed by atoms with Gasteiger partial charge in [-0.2, -0.15) is 0 Å². The van der Waals surface area contributed by atoms with Crippen LogP contribution in [0, 0.1) is 11.8 Å². The maximum atomic E-state index is 14.0. The first-order valence-corrected chi connectivity index (χ1v) is 12.4. The van der Waals surface area contributed by atoms with E-state index in [1.54, 1.807) is 6.92 Å². The van der Waals surface area contributed by atoms with Gasteiger partial charge in [0.25, 0.3) is 5.91 Å². The number of urea groups is 1. The lowest BCUT2D eigenvalue weighted by Gasteiger charge is -2.53. The summed E-state index contributed by atoms with van der Waals surface area (Å²) >= 11 is 0. The number of rotatable bonds is 4. The molecule has 6 atom stereocenters. The molecule has 0 radical (unpaired) electrons. The van der Waals surface area contributed by atoms with Crippen LogP contribution in [-0.2, 0) is 19.2 Å². The number of phenolic OH excluding ortho intramolecular Hbond substituents is 1. The number of fused-ring (bicyclic) bond motifs is 3. The number of hydrogen-bond donors (Lipinski definition) is 8. The highest BCUT2D eigenvalue weighted by Crippen LogP contribution is 2.56. The summed E-state index contributed by atoms with van der Waals surface area (Å²) in [5.74, 6) is -10.8. The molecule has 3 aliphatic rings. The minimum Gasteiger partial charge on any atom is -0.508 e. The molecule has 14 heteroatoms. The molecule has 0 aromatic heterocycles. The normalized spacial score (nSPS) is 29.5. The van der Waals surface area contributed by atoms with Crippen LogP contribution in [0.15, 0.2) is 29.0 Å². The van der Waals surface area contributed by atoms with Gasteiger partial charge in [0.15, 0.2) is 11.4 Å². The zero-order valence-electron chi connectivity index (χ0n) is 22.1. The lowest BCUT2D eigenvalue weighted by Crippen LogP contribution is -2.70. The average molecular weight is 559 g/mol. The molecule has 40 heavy (non-hydrogen) atoms. The molecular weight excluding hydrogens is 528 g/mol. The third-order valence-corrected chi connectivity index (χ3v) is 7.95. The number of benzene rings is 1. The Bertz CT molecular complexity index is 1430. The van der Waals surface area contributed by atoms with E-state index in [1.165, 1.54) is 38.1 Å². The largest absolute Gasteiger partial charge is 0.508 e. The van der Waals surface area contributed by atoms with Crippen molar-refractivity contribution >= 4 is 40.9 Å². The number of carbonyl (C=O) groups excluding carboxylic acids is 5. The Balaban J connectivity index is 1.93. The van der Waals surface area contributed by atoms with E-state index in [9.17, 15) is 49.5 Å². The molecule has 9 N–H and O–H groups in total. The van der Waals surface area contributed by atoms with E-state index in [0.717, 1.165) is 0 Å². The third-order valence-electron chi connectivity index (χ3n) is 7.95. The van der Waals surface area contributed by atoms with Gasteiger partial charge < -0.3 is 36.6 Å². The summed E-state index contributed by atoms with van der Waals surface area (Å²) < 4.78 is 0. The minimum atomic E-state index is -3.03. The van der Waals surface area contributed by atoms with Crippen LogP contribution in [-0.4, -0.2) is 91.7 Å². The van der Waals surface area contributed by atoms with Crippen molar-refractivity contribution < 1.29 is 49.5 Å². The number of aromatic hydroxyl groups is 1. The van der Waals surface area contributed by atoms with Crippen molar-refractivity contribution in [3.63, 3.8) is 0 Å². The molecule has 0 spiro atoms. The molecule has 1 aromatic carbocycles. The minimum absolute atomic E-state index is 0.0166. The number of phenols is 1. The summed E-state index contributed by atoms with van der Waals surface area (Å²) in [5.41, 5.74) is 0.425. The molecule has 1 saturated carbocycles. The van der Waals surface area contributed by atoms with Gasteiger partial charge in [0.1, 0.15) is 22.8 Å². The number of hydrogen-bond acceptors (Lipinski definition) is 11. The number of ketones is 2. The van der Waals surface area contributed by atoms with Gasteiger partial charge in [0.05, 0.1) is 29.3 Å². The number of amides is 4. The van der Waals surface area contributed by atoms with Crippen LogP contribution in [0.4, 0.5) is 10.5 Å². The second kappa shape index (κ2) is 9.73. The van der Waals surface area contributed by atoms with Gasteiger partial charge >= 0.3 is 6.03 Å². The maximum Gasteiger partial charge on any atom is 0.325 e. The zero-order chi connectivity index (χ0) is 30.0. The molecule has 4 amide bonds. The van der Waals surface area contributed by atoms with E-state index in [0.29, 0.717) is 0 Å². The molecule has 4 rings (SSSR count). The summed E-state index contributed by atoms with van der Waals surface area (Å²) in [4.78, 5) is 64.2. The second-order valence-electron chi connectivity index (χ2n) is 10.3. The first kappa shape index (κ1) is 28.7. The third kappa shape index (κ3) is 3.86. The number of aliphatic hydroxyl groups excluding tert-OH is 3. The lowest BCUT2D eigenvalue weighted by molar-refractivity contribution is -0.169. The molecule has 1 aromatic rings. The Hall–Kier alpha value is -4.27. The summed E-state index contributed by atoms with van der Waals surface area (Å²) in [6.07, 6.45) is -1.70. The van der Waals surface area contributed by atoms with Crippen molar-refractivity contribution in [2.45, 2.75) is 43.9 Å². The molecule has 0 aliphatic heterocycles. The van der Waals surface area contributed by atoms with Gasteiger partial charge in [-0.05, 0) is 31.6 Å². The molecule has 14 nitrogen and oxygen atoms in total. The predicted octanol–water partition coefficient (Wildman–Crippen LogP) is -0.446. The first-order chi connectivity index (χ1) is 18.6. The summed E-state index contributed by atoms with van der Waals surface area (Å²) in [6.45, 7) is 3.10. The van der Waals surface area contributed by atoms with Crippen LogP contribution in [0.25, 0.3) is 5.76 Å². The number of Topliss-reactive ketones (excluding diaryl/α,β-unsaturated/α-hetero) is 2. The van der Waals surface area contributed by atoms with E-state index in [2.05, 4.69) is 5.32 Å². The molecule has 1 fully saturated rings.